The first kappa shape index (κ1) is 17.4. The second kappa shape index (κ2) is 7.41. The summed E-state index contributed by atoms with van der Waals surface area (Å²) in [5.74, 6) is 0.158. The normalized spacial score (nSPS) is 25.5. The summed E-state index contributed by atoms with van der Waals surface area (Å²) in [5, 5.41) is 2.60. The zero-order valence-electron chi connectivity index (χ0n) is 13.1. The van der Waals surface area contributed by atoms with Gasteiger partial charge in [-0.2, -0.15) is 0 Å². The van der Waals surface area contributed by atoms with Crippen LogP contribution in [0.5, 0.6) is 0 Å². The molecule has 1 amide bonds. The van der Waals surface area contributed by atoms with Crippen LogP contribution in [0.2, 0.25) is 0 Å². The van der Waals surface area contributed by atoms with Gasteiger partial charge in [-0.15, -0.1) is 0 Å². The zero-order chi connectivity index (χ0) is 15.3. The van der Waals surface area contributed by atoms with E-state index in [-0.39, 0.29) is 5.91 Å². The maximum atomic E-state index is 12.3. The van der Waals surface area contributed by atoms with Gasteiger partial charge in [0.25, 0.3) is 0 Å². The average Bonchev–Trinajstić information content (AvgIpc) is 2.42. The minimum atomic E-state index is -3.31. The molecule has 1 aliphatic heterocycles. The Morgan fingerprint density at radius 1 is 1.40 bits per heavy atom. The van der Waals surface area contributed by atoms with Crippen LogP contribution in [0.3, 0.4) is 0 Å². The quantitative estimate of drug-likeness (QED) is 0.796. The van der Waals surface area contributed by atoms with Gasteiger partial charge in [-0.3, -0.25) is 4.79 Å². The molecule has 0 aromatic carbocycles. The molecule has 0 aromatic rings. The third-order valence-electron chi connectivity index (χ3n) is 4.22. The van der Waals surface area contributed by atoms with Crippen LogP contribution in [-0.4, -0.2) is 56.4 Å². The van der Waals surface area contributed by atoms with Crippen molar-refractivity contribution in [2.24, 2.45) is 5.92 Å². The Kier molecular flexibility index (Phi) is 6.45. The largest absolute Gasteiger partial charge is 0.341 e. The van der Waals surface area contributed by atoms with E-state index in [1.165, 1.54) is 6.92 Å². The lowest BCUT2D eigenvalue weighted by molar-refractivity contribution is -0.132. The number of amides is 1. The van der Waals surface area contributed by atoms with E-state index >= 15 is 0 Å². The Balaban J connectivity index is 2.66. The fourth-order valence-corrected chi connectivity index (χ4v) is 3.20. The fraction of sp³-hybridized carbons (Fsp3) is 0.929. The predicted octanol–water partition coefficient (Wildman–Crippen LogP) is 1.05. The van der Waals surface area contributed by atoms with Gasteiger partial charge in [0.1, 0.15) is 5.25 Å². The summed E-state index contributed by atoms with van der Waals surface area (Å²) in [7, 11) is -3.31. The smallest absolute Gasteiger partial charge is 0.240 e. The summed E-state index contributed by atoms with van der Waals surface area (Å²) in [6.07, 6.45) is 4.13. The molecular weight excluding hydrogens is 276 g/mol. The maximum Gasteiger partial charge on any atom is 0.240 e. The van der Waals surface area contributed by atoms with Gasteiger partial charge in [0, 0.05) is 25.4 Å². The minimum Gasteiger partial charge on any atom is -0.341 e. The van der Waals surface area contributed by atoms with Crippen molar-refractivity contribution >= 4 is 15.7 Å². The van der Waals surface area contributed by atoms with E-state index in [0.29, 0.717) is 25.0 Å². The van der Waals surface area contributed by atoms with E-state index < -0.39 is 15.1 Å². The van der Waals surface area contributed by atoms with Crippen molar-refractivity contribution in [3.8, 4) is 0 Å². The number of carbonyl (C=O) groups excluding carboxylic acids is 1. The van der Waals surface area contributed by atoms with Gasteiger partial charge in [-0.25, -0.2) is 8.42 Å². The molecule has 3 unspecified atom stereocenters. The predicted molar refractivity (Wildman–Crippen MR) is 81.4 cm³/mol. The molecule has 5 nitrogen and oxygen atoms in total. The van der Waals surface area contributed by atoms with Crippen LogP contribution in [0.4, 0.5) is 0 Å². The van der Waals surface area contributed by atoms with Crippen LogP contribution < -0.4 is 5.32 Å². The molecule has 0 saturated carbocycles. The highest BCUT2D eigenvalue weighted by Crippen LogP contribution is 2.21. The molecule has 20 heavy (non-hydrogen) atoms. The highest BCUT2D eigenvalue weighted by atomic mass is 32.2. The standard InChI is InChI=1S/C14H28N2O3S/c1-5-8-15-13-7-9-16(10-12(13)6-2)14(17)11(3)20(4,18)19/h11-13,15H,5-10H2,1-4H3. The zero-order valence-corrected chi connectivity index (χ0v) is 13.9. The maximum absolute atomic E-state index is 12.3. The number of sulfone groups is 1. The second-order valence-corrected chi connectivity index (χ2v) is 8.14. The van der Waals surface area contributed by atoms with E-state index in [0.717, 1.165) is 32.1 Å². The molecule has 0 aromatic heterocycles. The van der Waals surface area contributed by atoms with Gasteiger partial charge < -0.3 is 10.2 Å². The van der Waals surface area contributed by atoms with Crippen LogP contribution in [0.15, 0.2) is 0 Å². The SMILES string of the molecule is CCCNC1CCN(C(=O)C(C)S(C)(=O)=O)CC1CC. The average molecular weight is 304 g/mol. The van der Waals surface area contributed by atoms with Gasteiger partial charge in [0.2, 0.25) is 5.91 Å². The summed E-state index contributed by atoms with van der Waals surface area (Å²) in [4.78, 5) is 14.0. The van der Waals surface area contributed by atoms with Crippen LogP contribution >= 0.6 is 0 Å². The van der Waals surface area contributed by atoms with E-state index in [1.54, 1.807) is 4.90 Å². The Hall–Kier alpha value is -0.620. The Labute approximate surface area is 123 Å². The van der Waals surface area contributed by atoms with E-state index in [9.17, 15) is 13.2 Å². The van der Waals surface area contributed by atoms with Gasteiger partial charge in [-0.05, 0) is 32.2 Å². The summed E-state index contributed by atoms with van der Waals surface area (Å²) >= 11 is 0. The molecule has 118 valence electrons. The minimum absolute atomic E-state index is 0.250. The molecule has 6 heteroatoms. The molecule has 1 fully saturated rings. The van der Waals surface area contributed by atoms with E-state index in [2.05, 4.69) is 19.2 Å². The van der Waals surface area contributed by atoms with Gasteiger partial charge >= 0.3 is 0 Å². The molecule has 0 aliphatic carbocycles. The number of hydrogen-bond acceptors (Lipinski definition) is 4. The van der Waals surface area contributed by atoms with Crippen LogP contribution in [0.1, 0.15) is 40.0 Å². The highest BCUT2D eigenvalue weighted by molar-refractivity contribution is 7.92. The summed E-state index contributed by atoms with van der Waals surface area (Å²) in [6.45, 7) is 8.06. The lowest BCUT2D eigenvalue weighted by Gasteiger charge is -2.39. The van der Waals surface area contributed by atoms with Crippen molar-refractivity contribution in [2.75, 3.05) is 25.9 Å². The molecule has 1 aliphatic rings. The Morgan fingerprint density at radius 2 is 2.05 bits per heavy atom. The van der Waals surface area contributed by atoms with Crippen molar-refractivity contribution in [3.63, 3.8) is 0 Å². The number of rotatable bonds is 6. The molecular formula is C14H28N2O3S. The first-order chi connectivity index (χ1) is 9.31. The van der Waals surface area contributed by atoms with Crippen LogP contribution in [0, 0.1) is 5.92 Å². The van der Waals surface area contributed by atoms with E-state index in [1.807, 2.05) is 0 Å². The Morgan fingerprint density at radius 3 is 2.55 bits per heavy atom. The highest BCUT2D eigenvalue weighted by Gasteiger charge is 2.34. The molecule has 0 bridgehead atoms. The van der Waals surface area contributed by atoms with E-state index in [4.69, 9.17) is 0 Å². The topological polar surface area (TPSA) is 66.5 Å². The summed E-state index contributed by atoms with van der Waals surface area (Å²) < 4.78 is 23.0. The van der Waals surface area contributed by atoms with Gasteiger partial charge in [0.15, 0.2) is 9.84 Å². The molecule has 3 atom stereocenters. The summed E-state index contributed by atoms with van der Waals surface area (Å²) in [6, 6.07) is 0.442. The fourth-order valence-electron chi connectivity index (χ4n) is 2.68. The number of nitrogens with one attached hydrogen (secondary N) is 1. The molecule has 1 rings (SSSR count). The Bertz CT molecular complexity index is 422. The third-order valence-corrected chi connectivity index (χ3v) is 5.70. The molecule has 1 heterocycles. The first-order valence-electron chi connectivity index (χ1n) is 7.52. The van der Waals surface area contributed by atoms with Crippen LogP contribution in [-0.2, 0) is 14.6 Å². The number of piperidine rings is 1. The van der Waals surface area contributed by atoms with Crippen molar-refractivity contribution in [2.45, 2.75) is 51.3 Å². The number of likely N-dealkylation sites (tertiary alicyclic amines) is 1. The monoisotopic (exact) mass is 304 g/mol. The molecule has 1 N–H and O–H groups in total. The van der Waals surface area contributed by atoms with Crippen molar-refractivity contribution in [3.05, 3.63) is 0 Å². The van der Waals surface area contributed by atoms with Crippen molar-refractivity contribution < 1.29 is 13.2 Å². The van der Waals surface area contributed by atoms with Crippen molar-refractivity contribution in [1.29, 1.82) is 0 Å². The number of carbonyl (C=O) groups is 1. The van der Waals surface area contributed by atoms with Crippen molar-refractivity contribution in [1.82, 2.24) is 10.2 Å². The lowest BCUT2D eigenvalue weighted by Crippen LogP contribution is -2.53. The lowest BCUT2D eigenvalue weighted by atomic mass is 9.89. The first-order valence-corrected chi connectivity index (χ1v) is 9.47. The number of hydrogen-bond donors (Lipinski definition) is 1. The third kappa shape index (κ3) is 4.45. The van der Waals surface area contributed by atoms with Gasteiger partial charge in [0.05, 0.1) is 0 Å². The molecule has 0 radical (unpaired) electrons. The van der Waals surface area contributed by atoms with Gasteiger partial charge in [-0.1, -0.05) is 20.3 Å². The molecule has 0 spiro atoms. The summed E-state index contributed by atoms with van der Waals surface area (Å²) in [5.41, 5.74) is 0. The number of nitrogens with zero attached hydrogens (tertiary/aromatic N) is 1. The van der Waals surface area contributed by atoms with Crippen LogP contribution in [0.25, 0.3) is 0 Å². The molecule has 1 saturated heterocycles. The second-order valence-electron chi connectivity index (χ2n) is 5.77.